The molecule has 2 heteroatoms. The van der Waals surface area contributed by atoms with E-state index in [4.69, 9.17) is 4.74 Å². The van der Waals surface area contributed by atoms with E-state index in [9.17, 15) is 4.79 Å². The average molecular weight is 228 g/mol. The Morgan fingerprint density at radius 2 is 2.00 bits per heavy atom. The van der Waals surface area contributed by atoms with Crippen molar-refractivity contribution in [2.24, 2.45) is 0 Å². The Labute approximate surface area is 102 Å². The molecule has 0 unspecified atom stereocenters. The predicted octanol–water partition coefficient (Wildman–Crippen LogP) is 3.27. The number of aryl methyl sites for hydroxylation is 1. The first-order valence-corrected chi connectivity index (χ1v) is 5.70. The van der Waals surface area contributed by atoms with Gasteiger partial charge in [0.15, 0.2) is 0 Å². The maximum Gasteiger partial charge on any atom is 0.339 e. The Bertz CT molecular complexity index is 480. The number of cyclic esters (lactones) is 1. The van der Waals surface area contributed by atoms with E-state index >= 15 is 0 Å². The lowest BCUT2D eigenvalue weighted by Gasteiger charge is -2.06. The van der Waals surface area contributed by atoms with Crippen LogP contribution in [0.15, 0.2) is 42.5 Å². The quantitative estimate of drug-likeness (QED) is 0.586. The molecule has 0 fully saturated rings. The van der Waals surface area contributed by atoms with E-state index in [1.54, 1.807) is 0 Å². The van der Waals surface area contributed by atoms with Crippen molar-refractivity contribution in [3.05, 3.63) is 53.6 Å². The van der Waals surface area contributed by atoms with Crippen LogP contribution in [0.4, 0.5) is 0 Å². The molecule has 0 aliphatic carbocycles. The van der Waals surface area contributed by atoms with Crippen LogP contribution in [0.25, 0.3) is 5.57 Å². The Kier molecular flexibility index (Phi) is 3.14. The summed E-state index contributed by atoms with van der Waals surface area (Å²) in [6.45, 7) is 7.79. The fourth-order valence-electron chi connectivity index (χ4n) is 1.88. The lowest BCUT2D eigenvalue weighted by molar-refractivity contribution is -0.137. The zero-order valence-corrected chi connectivity index (χ0v) is 10.2. The molecule has 1 aromatic rings. The first-order valence-electron chi connectivity index (χ1n) is 5.70. The maximum atomic E-state index is 11.7. The van der Waals surface area contributed by atoms with Crippen molar-refractivity contribution in [3.63, 3.8) is 0 Å². The van der Waals surface area contributed by atoms with Gasteiger partial charge in [0.2, 0.25) is 0 Å². The lowest BCUT2D eigenvalue weighted by Crippen LogP contribution is -2.08. The molecule has 0 bridgehead atoms. The zero-order valence-electron chi connectivity index (χ0n) is 10.2. The van der Waals surface area contributed by atoms with Crippen LogP contribution in [0, 0.1) is 6.92 Å². The van der Waals surface area contributed by atoms with E-state index in [0.717, 1.165) is 11.1 Å². The number of esters is 1. The highest BCUT2D eigenvalue weighted by atomic mass is 16.5. The zero-order chi connectivity index (χ0) is 12.4. The average Bonchev–Trinajstić information content (AvgIpc) is 2.59. The topological polar surface area (TPSA) is 26.3 Å². The summed E-state index contributed by atoms with van der Waals surface area (Å²) in [6, 6.07) is 7.89. The predicted molar refractivity (Wildman–Crippen MR) is 68.5 cm³/mol. The van der Waals surface area contributed by atoms with Crippen LogP contribution in [-0.4, -0.2) is 12.1 Å². The molecule has 2 nitrogen and oxygen atoms in total. The smallest absolute Gasteiger partial charge is 0.339 e. The van der Waals surface area contributed by atoms with E-state index < -0.39 is 0 Å². The Balaban J connectivity index is 2.23. The second kappa shape index (κ2) is 4.58. The van der Waals surface area contributed by atoms with Crippen molar-refractivity contribution in [1.29, 1.82) is 0 Å². The molecule has 0 saturated heterocycles. The number of rotatable bonds is 3. The molecule has 0 saturated carbocycles. The van der Waals surface area contributed by atoms with Gasteiger partial charge in [0.25, 0.3) is 0 Å². The molecule has 2 rings (SSSR count). The third kappa shape index (κ3) is 2.64. The number of carbonyl (C=O) groups excluding carboxylic acids is 1. The van der Waals surface area contributed by atoms with E-state index in [-0.39, 0.29) is 12.1 Å². The summed E-state index contributed by atoms with van der Waals surface area (Å²) < 4.78 is 5.28. The molecule has 0 radical (unpaired) electrons. The molecule has 0 spiro atoms. The summed E-state index contributed by atoms with van der Waals surface area (Å²) in [5, 5.41) is 0. The van der Waals surface area contributed by atoms with Gasteiger partial charge in [-0.1, -0.05) is 42.0 Å². The molecule has 1 aromatic carbocycles. The Hall–Kier alpha value is -1.83. The number of benzene rings is 1. The van der Waals surface area contributed by atoms with Crippen LogP contribution < -0.4 is 0 Å². The summed E-state index contributed by atoms with van der Waals surface area (Å²) in [7, 11) is 0. The monoisotopic (exact) mass is 228 g/mol. The van der Waals surface area contributed by atoms with Crippen molar-refractivity contribution in [3.8, 4) is 0 Å². The lowest BCUT2D eigenvalue weighted by atomic mass is 10.0. The molecule has 1 aliphatic heterocycles. The van der Waals surface area contributed by atoms with Crippen molar-refractivity contribution >= 4 is 11.5 Å². The summed E-state index contributed by atoms with van der Waals surface area (Å²) in [4.78, 5) is 11.7. The van der Waals surface area contributed by atoms with Crippen LogP contribution in [0.2, 0.25) is 0 Å². The molecule has 17 heavy (non-hydrogen) atoms. The largest absolute Gasteiger partial charge is 0.454 e. The minimum Gasteiger partial charge on any atom is -0.454 e. The fraction of sp³-hybridized carbons (Fsp3) is 0.267. The number of hydrogen-bond acceptors (Lipinski definition) is 2. The van der Waals surface area contributed by atoms with Gasteiger partial charge in [0, 0.05) is 6.42 Å². The third-order valence-corrected chi connectivity index (χ3v) is 2.74. The highest BCUT2D eigenvalue weighted by Crippen LogP contribution is 2.26. The first kappa shape index (κ1) is 11.6. The second-order valence-electron chi connectivity index (χ2n) is 4.55. The Morgan fingerprint density at radius 1 is 1.35 bits per heavy atom. The fourth-order valence-corrected chi connectivity index (χ4v) is 1.88. The van der Waals surface area contributed by atoms with E-state index in [0.29, 0.717) is 12.0 Å². The third-order valence-electron chi connectivity index (χ3n) is 2.74. The summed E-state index contributed by atoms with van der Waals surface area (Å²) in [5.41, 5.74) is 3.78. The SMILES string of the molecule is C=C(C)C[C@@H]1C=C(c2ccc(C)cc2)C(=O)O1. The van der Waals surface area contributed by atoms with Gasteiger partial charge >= 0.3 is 5.97 Å². The molecule has 0 aromatic heterocycles. The summed E-state index contributed by atoms with van der Waals surface area (Å²) in [5.74, 6) is -0.236. The number of ether oxygens (including phenoxy) is 1. The van der Waals surface area contributed by atoms with Crippen molar-refractivity contribution in [2.45, 2.75) is 26.4 Å². The molecule has 0 N–H and O–H groups in total. The number of hydrogen-bond donors (Lipinski definition) is 0. The molecular weight excluding hydrogens is 212 g/mol. The highest BCUT2D eigenvalue weighted by molar-refractivity contribution is 6.18. The van der Waals surface area contributed by atoms with Gasteiger partial charge in [0.05, 0.1) is 5.57 Å². The second-order valence-corrected chi connectivity index (χ2v) is 4.55. The molecule has 1 aliphatic rings. The molecule has 0 amide bonds. The van der Waals surface area contributed by atoms with E-state index in [2.05, 4.69) is 6.58 Å². The minimum absolute atomic E-state index is 0.156. The van der Waals surface area contributed by atoms with Crippen LogP contribution in [0.5, 0.6) is 0 Å². The maximum absolute atomic E-state index is 11.7. The first-order chi connectivity index (χ1) is 8.06. The Morgan fingerprint density at radius 3 is 2.59 bits per heavy atom. The van der Waals surface area contributed by atoms with Gasteiger partial charge in [-0.15, -0.1) is 0 Å². The normalized spacial score (nSPS) is 18.8. The van der Waals surface area contributed by atoms with Gasteiger partial charge in [-0.05, 0) is 25.5 Å². The van der Waals surface area contributed by atoms with Crippen LogP contribution >= 0.6 is 0 Å². The van der Waals surface area contributed by atoms with Crippen molar-refractivity contribution in [1.82, 2.24) is 0 Å². The van der Waals surface area contributed by atoms with Crippen LogP contribution in [0.1, 0.15) is 24.5 Å². The standard InChI is InChI=1S/C15H16O2/c1-10(2)8-13-9-14(15(16)17-13)12-6-4-11(3)5-7-12/h4-7,9,13H,1,8H2,2-3H3/t13-/m1/s1. The van der Waals surface area contributed by atoms with Gasteiger partial charge in [-0.2, -0.15) is 0 Å². The number of carbonyl (C=O) groups is 1. The van der Waals surface area contributed by atoms with Crippen molar-refractivity contribution in [2.75, 3.05) is 0 Å². The summed E-state index contributed by atoms with van der Waals surface area (Å²) >= 11 is 0. The van der Waals surface area contributed by atoms with Gasteiger partial charge < -0.3 is 4.74 Å². The van der Waals surface area contributed by atoms with Crippen LogP contribution in [0.3, 0.4) is 0 Å². The molecule has 1 atom stereocenters. The van der Waals surface area contributed by atoms with Gasteiger partial charge in [0.1, 0.15) is 6.10 Å². The molecule has 88 valence electrons. The van der Waals surface area contributed by atoms with E-state index in [1.165, 1.54) is 5.56 Å². The molecule has 1 heterocycles. The van der Waals surface area contributed by atoms with Crippen molar-refractivity contribution < 1.29 is 9.53 Å². The highest BCUT2D eigenvalue weighted by Gasteiger charge is 2.26. The van der Waals surface area contributed by atoms with Gasteiger partial charge in [-0.3, -0.25) is 0 Å². The van der Waals surface area contributed by atoms with E-state index in [1.807, 2.05) is 44.2 Å². The van der Waals surface area contributed by atoms with Crippen LogP contribution in [-0.2, 0) is 9.53 Å². The summed E-state index contributed by atoms with van der Waals surface area (Å²) in [6.07, 6.45) is 2.43. The van der Waals surface area contributed by atoms with Gasteiger partial charge in [-0.25, -0.2) is 4.79 Å². The molecular formula is C15H16O2. The minimum atomic E-state index is -0.236.